The van der Waals surface area contributed by atoms with Gasteiger partial charge in [-0.3, -0.25) is 4.79 Å². The zero-order valence-corrected chi connectivity index (χ0v) is 18.1. The highest BCUT2D eigenvalue weighted by molar-refractivity contribution is 7.16. The van der Waals surface area contributed by atoms with Crippen LogP contribution >= 0.6 is 34.5 Å². The van der Waals surface area contributed by atoms with Crippen molar-refractivity contribution in [1.29, 1.82) is 0 Å². The molecule has 0 fully saturated rings. The van der Waals surface area contributed by atoms with E-state index in [-0.39, 0.29) is 5.91 Å². The van der Waals surface area contributed by atoms with Crippen LogP contribution in [-0.4, -0.2) is 5.91 Å². The summed E-state index contributed by atoms with van der Waals surface area (Å²) in [5, 5.41) is 8.56. The summed E-state index contributed by atoms with van der Waals surface area (Å²) in [5.41, 5.74) is 3.09. The highest BCUT2D eigenvalue weighted by Crippen LogP contribution is 2.47. The Labute approximate surface area is 174 Å². The third kappa shape index (κ3) is 3.26. The maximum absolute atomic E-state index is 12.9. The van der Waals surface area contributed by atoms with Crippen molar-refractivity contribution < 1.29 is 4.79 Å². The minimum atomic E-state index is -0.408. The van der Waals surface area contributed by atoms with E-state index in [1.54, 1.807) is 23.5 Å². The minimum Gasteiger partial charge on any atom is -0.353 e. The summed E-state index contributed by atoms with van der Waals surface area (Å²) in [4.78, 5) is 14.3. The number of carbonyl (C=O) groups is 1. The van der Waals surface area contributed by atoms with E-state index >= 15 is 0 Å². The summed E-state index contributed by atoms with van der Waals surface area (Å²) in [6.45, 7) is 6.98. The van der Waals surface area contributed by atoms with Crippen molar-refractivity contribution in [2.75, 3.05) is 5.32 Å². The first-order chi connectivity index (χ1) is 12.8. The van der Waals surface area contributed by atoms with Crippen molar-refractivity contribution in [2.24, 2.45) is 11.3 Å². The van der Waals surface area contributed by atoms with Crippen LogP contribution in [0.4, 0.5) is 5.00 Å². The monoisotopic (exact) mass is 422 g/mol. The molecule has 2 N–H and O–H groups in total. The van der Waals surface area contributed by atoms with Crippen molar-refractivity contribution in [3.05, 3.63) is 49.8 Å². The highest BCUT2D eigenvalue weighted by atomic mass is 35.5. The van der Waals surface area contributed by atoms with Gasteiger partial charge in [-0.15, -0.1) is 11.3 Å². The Balaban J connectivity index is 1.67. The molecule has 0 radical (unpaired) electrons. The summed E-state index contributed by atoms with van der Waals surface area (Å²) < 4.78 is 0. The molecule has 144 valence electrons. The van der Waals surface area contributed by atoms with Gasteiger partial charge in [0.25, 0.3) is 5.91 Å². The molecule has 1 aliphatic carbocycles. The number of nitrogens with one attached hydrogen (secondary N) is 2. The van der Waals surface area contributed by atoms with Crippen molar-refractivity contribution in [3.63, 3.8) is 0 Å². The van der Waals surface area contributed by atoms with Gasteiger partial charge < -0.3 is 10.6 Å². The van der Waals surface area contributed by atoms with Crippen LogP contribution in [0.5, 0.6) is 0 Å². The number of thiophene rings is 1. The fourth-order valence-corrected chi connectivity index (χ4v) is 6.15. The molecule has 0 spiro atoms. The van der Waals surface area contributed by atoms with E-state index in [1.807, 2.05) is 6.07 Å². The number of rotatable bonds is 3. The van der Waals surface area contributed by atoms with Gasteiger partial charge in [-0.05, 0) is 48.3 Å². The highest BCUT2D eigenvalue weighted by Gasteiger charge is 2.37. The molecule has 2 aliphatic rings. The Morgan fingerprint density at radius 2 is 1.93 bits per heavy atom. The Hall–Kier alpha value is -1.23. The van der Waals surface area contributed by atoms with Crippen LogP contribution in [0.3, 0.4) is 0 Å². The van der Waals surface area contributed by atoms with Crippen LogP contribution in [0.1, 0.15) is 66.1 Å². The van der Waals surface area contributed by atoms with Gasteiger partial charge in [0.1, 0.15) is 11.2 Å². The van der Waals surface area contributed by atoms with E-state index in [0.717, 1.165) is 35.4 Å². The number of halogens is 2. The summed E-state index contributed by atoms with van der Waals surface area (Å²) in [5.74, 6) is 0.627. The van der Waals surface area contributed by atoms with Crippen molar-refractivity contribution in [3.8, 4) is 0 Å². The van der Waals surface area contributed by atoms with Gasteiger partial charge in [-0.1, -0.05) is 56.5 Å². The lowest BCUT2D eigenvalue weighted by atomic mass is 9.69. The largest absolute Gasteiger partial charge is 0.353 e. The number of amides is 1. The number of fused-ring (bicyclic) bond motifs is 3. The molecule has 2 aromatic rings. The van der Waals surface area contributed by atoms with Gasteiger partial charge in [0.2, 0.25) is 0 Å². The lowest BCUT2D eigenvalue weighted by molar-refractivity contribution is 0.0934. The third-order valence-corrected chi connectivity index (χ3v) is 8.19. The van der Waals surface area contributed by atoms with E-state index < -0.39 is 6.17 Å². The predicted molar refractivity (Wildman–Crippen MR) is 114 cm³/mol. The first-order valence-electron chi connectivity index (χ1n) is 9.47. The molecule has 27 heavy (non-hydrogen) atoms. The normalized spacial score (nSPS) is 21.9. The molecule has 0 saturated heterocycles. The number of hydrogen-bond acceptors (Lipinski definition) is 3. The molecule has 1 aromatic heterocycles. The number of benzene rings is 1. The van der Waals surface area contributed by atoms with E-state index in [0.29, 0.717) is 21.4 Å². The molecule has 6 heteroatoms. The second-order valence-corrected chi connectivity index (χ2v) is 10.1. The molecule has 3 nitrogen and oxygen atoms in total. The summed E-state index contributed by atoms with van der Waals surface area (Å²) >= 11 is 14.4. The average molecular weight is 423 g/mol. The molecule has 1 aromatic carbocycles. The van der Waals surface area contributed by atoms with Crippen LogP contribution in [0.15, 0.2) is 18.2 Å². The molecule has 0 saturated carbocycles. The average Bonchev–Trinajstić information content (AvgIpc) is 2.99. The summed E-state index contributed by atoms with van der Waals surface area (Å²) in [6.07, 6.45) is 3.94. The molecule has 2 heterocycles. The molecule has 0 unspecified atom stereocenters. The molecular formula is C21H24Cl2N2OS. The van der Waals surface area contributed by atoms with Gasteiger partial charge in [0.05, 0.1) is 5.56 Å². The third-order valence-electron chi connectivity index (χ3n) is 6.35. The number of hydrogen-bond donors (Lipinski definition) is 2. The Morgan fingerprint density at radius 1 is 1.22 bits per heavy atom. The maximum Gasteiger partial charge on any atom is 0.256 e. The topological polar surface area (TPSA) is 41.1 Å². The minimum absolute atomic E-state index is 0.0320. The SMILES string of the molecule is CCC(C)(C)[C@@H]1CCc2c(sc3c2C(=O)N[C@H](c2c(Cl)cccc2Cl)N3)C1. The smallest absolute Gasteiger partial charge is 0.256 e. The van der Waals surface area contributed by atoms with Crippen LogP contribution < -0.4 is 10.6 Å². The predicted octanol–water partition coefficient (Wildman–Crippen LogP) is 6.45. The second-order valence-electron chi connectivity index (χ2n) is 8.18. The Morgan fingerprint density at radius 3 is 2.59 bits per heavy atom. The van der Waals surface area contributed by atoms with Crippen LogP contribution in [0.25, 0.3) is 0 Å². The first kappa shape index (κ1) is 19.1. The lowest BCUT2D eigenvalue weighted by Crippen LogP contribution is -2.38. The second kappa shape index (κ2) is 6.98. The number of carbonyl (C=O) groups excluding carboxylic acids is 1. The van der Waals surface area contributed by atoms with E-state index in [9.17, 15) is 4.79 Å². The quantitative estimate of drug-likeness (QED) is 0.596. The summed E-state index contributed by atoms with van der Waals surface area (Å²) in [7, 11) is 0. The van der Waals surface area contributed by atoms with Crippen LogP contribution in [-0.2, 0) is 12.8 Å². The van der Waals surface area contributed by atoms with Gasteiger partial charge in [-0.25, -0.2) is 0 Å². The zero-order chi connectivity index (χ0) is 19.3. The first-order valence-corrected chi connectivity index (χ1v) is 11.0. The fraction of sp³-hybridized carbons (Fsp3) is 0.476. The number of anilines is 1. The molecule has 4 rings (SSSR count). The maximum atomic E-state index is 12.9. The zero-order valence-electron chi connectivity index (χ0n) is 15.8. The summed E-state index contributed by atoms with van der Waals surface area (Å²) in [6, 6.07) is 5.40. The Bertz CT molecular complexity index is 886. The van der Waals surface area contributed by atoms with E-state index in [2.05, 4.69) is 31.4 Å². The van der Waals surface area contributed by atoms with Gasteiger partial charge >= 0.3 is 0 Å². The molecule has 1 aliphatic heterocycles. The molecule has 2 atom stereocenters. The van der Waals surface area contributed by atoms with E-state index in [1.165, 1.54) is 16.9 Å². The fourth-order valence-electron chi connectivity index (χ4n) is 4.18. The Kier molecular flexibility index (Phi) is 4.94. The van der Waals surface area contributed by atoms with Gasteiger partial charge in [0.15, 0.2) is 0 Å². The van der Waals surface area contributed by atoms with Crippen LogP contribution in [0.2, 0.25) is 10.0 Å². The standard InChI is InChI=1S/C21H24Cl2N2OS/c1-4-21(2,3)11-8-9-12-15(10-11)27-20-16(12)19(26)24-18(25-20)17-13(22)6-5-7-14(17)23/h5-7,11,18,25H,4,8-10H2,1-3H3,(H,24,26)/t11-,18+/m1/s1. The van der Waals surface area contributed by atoms with Crippen molar-refractivity contribution in [1.82, 2.24) is 5.32 Å². The lowest BCUT2D eigenvalue weighted by Gasteiger charge is -2.36. The van der Waals surface area contributed by atoms with E-state index in [4.69, 9.17) is 23.2 Å². The van der Waals surface area contributed by atoms with Crippen LogP contribution in [0, 0.1) is 11.3 Å². The molecule has 0 bridgehead atoms. The van der Waals surface area contributed by atoms with Crippen molar-refractivity contribution in [2.45, 2.75) is 52.6 Å². The van der Waals surface area contributed by atoms with Gasteiger partial charge in [0, 0.05) is 20.5 Å². The molecule has 1 amide bonds. The van der Waals surface area contributed by atoms with Gasteiger partial charge in [-0.2, -0.15) is 0 Å². The molecular weight excluding hydrogens is 399 g/mol. The van der Waals surface area contributed by atoms with Crippen molar-refractivity contribution >= 4 is 45.4 Å².